The third-order valence-electron chi connectivity index (χ3n) is 6.18. The van der Waals surface area contributed by atoms with Crippen LogP contribution in [0.4, 0.5) is 5.95 Å². The number of hydrogen-bond donors (Lipinski definition) is 0. The molecule has 0 spiro atoms. The SMILES string of the molecule is c1ccc([C@@]23CCN(c4ncccn4)C[C@@H]2CN(Cc2ccco2)C3)cc1. The minimum atomic E-state index is 0.194. The maximum Gasteiger partial charge on any atom is 0.225 e. The highest BCUT2D eigenvalue weighted by Gasteiger charge is 2.50. The highest BCUT2D eigenvalue weighted by molar-refractivity contribution is 5.37. The van der Waals surface area contributed by atoms with E-state index in [9.17, 15) is 0 Å². The average molecular weight is 360 g/mol. The molecule has 2 atom stereocenters. The molecule has 4 heterocycles. The first-order chi connectivity index (χ1) is 13.3. The number of rotatable bonds is 4. The zero-order valence-corrected chi connectivity index (χ0v) is 15.4. The molecule has 5 rings (SSSR count). The molecule has 3 aromatic rings. The van der Waals surface area contributed by atoms with E-state index in [1.165, 1.54) is 5.56 Å². The monoisotopic (exact) mass is 360 g/mol. The molecule has 0 bridgehead atoms. The maximum absolute atomic E-state index is 5.61. The Hall–Kier alpha value is -2.66. The van der Waals surface area contributed by atoms with Crippen molar-refractivity contribution >= 4 is 5.95 Å². The zero-order valence-electron chi connectivity index (χ0n) is 15.4. The van der Waals surface area contributed by atoms with Gasteiger partial charge in [-0.05, 0) is 30.2 Å². The molecule has 0 aliphatic carbocycles. The third kappa shape index (κ3) is 3.02. The van der Waals surface area contributed by atoms with Gasteiger partial charge in [0.05, 0.1) is 12.8 Å². The van der Waals surface area contributed by atoms with E-state index in [0.29, 0.717) is 5.92 Å². The lowest BCUT2D eigenvalue weighted by molar-refractivity contribution is 0.264. The highest BCUT2D eigenvalue weighted by Crippen LogP contribution is 2.46. The van der Waals surface area contributed by atoms with Crippen LogP contribution in [0, 0.1) is 5.92 Å². The van der Waals surface area contributed by atoms with Gasteiger partial charge in [0, 0.05) is 49.9 Å². The first kappa shape index (κ1) is 16.5. The van der Waals surface area contributed by atoms with Crippen LogP contribution >= 0.6 is 0 Å². The van der Waals surface area contributed by atoms with Gasteiger partial charge in [0.25, 0.3) is 0 Å². The number of likely N-dealkylation sites (tertiary alicyclic amines) is 1. The van der Waals surface area contributed by atoms with E-state index >= 15 is 0 Å². The highest BCUT2D eigenvalue weighted by atomic mass is 16.3. The lowest BCUT2D eigenvalue weighted by Gasteiger charge is -2.44. The van der Waals surface area contributed by atoms with Crippen LogP contribution in [0.1, 0.15) is 17.7 Å². The number of piperidine rings is 1. The number of anilines is 1. The second-order valence-electron chi connectivity index (χ2n) is 7.71. The fraction of sp³-hybridized carbons (Fsp3) is 0.364. The minimum absolute atomic E-state index is 0.194. The summed E-state index contributed by atoms with van der Waals surface area (Å²) in [5.74, 6) is 2.44. The number of benzene rings is 1. The minimum Gasteiger partial charge on any atom is -0.468 e. The average Bonchev–Trinajstić information content (AvgIpc) is 3.37. The molecule has 2 fully saturated rings. The van der Waals surface area contributed by atoms with Crippen molar-refractivity contribution in [3.05, 3.63) is 78.5 Å². The Morgan fingerprint density at radius 1 is 1.00 bits per heavy atom. The maximum atomic E-state index is 5.61. The summed E-state index contributed by atoms with van der Waals surface area (Å²) in [6, 6.07) is 17.0. The quantitative estimate of drug-likeness (QED) is 0.714. The van der Waals surface area contributed by atoms with Gasteiger partial charge in [-0.3, -0.25) is 4.90 Å². The molecule has 138 valence electrons. The van der Waals surface area contributed by atoms with Crippen LogP contribution in [-0.4, -0.2) is 41.0 Å². The molecular weight excluding hydrogens is 336 g/mol. The van der Waals surface area contributed by atoms with Crippen LogP contribution < -0.4 is 4.90 Å². The molecule has 0 radical (unpaired) electrons. The van der Waals surface area contributed by atoms with Crippen molar-refractivity contribution in [2.75, 3.05) is 31.1 Å². The first-order valence-electron chi connectivity index (χ1n) is 9.66. The molecule has 5 nitrogen and oxygen atoms in total. The van der Waals surface area contributed by atoms with Crippen LogP contribution in [0.25, 0.3) is 0 Å². The standard InChI is InChI=1S/C22H24N4O/c1-2-6-18(7-3-1)22-9-12-26(21-23-10-5-11-24-21)15-19(22)14-25(17-22)16-20-8-4-13-27-20/h1-8,10-11,13,19H,9,12,14-17H2/t19-,22-/m0/s1. The molecule has 5 heteroatoms. The van der Waals surface area contributed by atoms with E-state index in [1.54, 1.807) is 6.26 Å². The van der Waals surface area contributed by atoms with Gasteiger partial charge >= 0.3 is 0 Å². The molecule has 2 aromatic heterocycles. The molecule has 2 aliphatic rings. The van der Waals surface area contributed by atoms with Crippen molar-refractivity contribution in [3.63, 3.8) is 0 Å². The molecule has 0 amide bonds. The van der Waals surface area contributed by atoms with Crippen molar-refractivity contribution in [1.29, 1.82) is 0 Å². The Morgan fingerprint density at radius 3 is 2.63 bits per heavy atom. The Labute approximate surface area is 159 Å². The van der Waals surface area contributed by atoms with E-state index in [1.807, 2.05) is 24.5 Å². The van der Waals surface area contributed by atoms with Gasteiger partial charge in [-0.25, -0.2) is 9.97 Å². The second kappa shape index (κ2) is 6.82. The summed E-state index contributed by atoms with van der Waals surface area (Å²) in [4.78, 5) is 13.9. The van der Waals surface area contributed by atoms with Crippen molar-refractivity contribution in [2.45, 2.75) is 18.4 Å². The van der Waals surface area contributed by atoms with Crippen molar-refractivity contribution < 1.29 is 4.42 Å². The Bertz CT molecular complexity index is 868. The van der Waals surface area contributed by atoms with E-state index in [4.69, 9.17) is 4.42 Å². The van der Waals surface area contributed by atoms with Crippen molar-refractivity contribution in [2.24, 2.45) is 5.92 Å². The topological polar surface area (TPSA) is 45.4 Å². The van der Waals surface area contributed by atoms with Gasteiger partial charge in [-0.1, -0.05) is 30.3 Å². The smallest absolute Gasteiger partial charge is 0.225 e. The summed E-state index contributed by atoms with van der Waals surface area (Å²) in [6.07, 6.45) is 6.55. The van der Waals surface area contributed by atoms with Crippen LogP contribution in [0.15, 0.2) is 71.6 Å². The van der Waals surface area contributed by atoms with E-state index < -0.39 is 0 Å². The van der Waals surface area contributed by atoms with Gasteiger partial charge in [-0.15, -0.1) is 0 Å². The summed E-state index contributed by atoms with van der Waals surface area (Å²) in [5.41, 5.74) is 1.66. The van der Waals surface area contributed by atoms with Crippen LogP contribution in [0.3, 0.4) is 0 Å². The molecule has 2 aliphatic heterocycles. The molecule has 0 saturated carbocycles. The van der Waals surface area contributed by atoms with Gasteiger partial charge in [0.2, 0.25) is 5.95 Å². The third-order valence-corrected chi connectivity index (χ3v) is 6.18. The number of fused-ring (bicyclic) bond motifs is 1. The number of furan rings is 1. The lowest BCUT2D eigenvalue weighted by Crippen LogP contribution is -2.50. The van der Waals surface area contributed by atoms with E-state index in [-0.39, 0.29) is 5.41 Å². The van der Waals surface area contributed by atoms with Gasteiger partial charge in [0.1, 0.15) is 5.76 Å². The molecular formula is C22H24N4O. The van der Waals surface area contributed by atoms with Crippen LogP contribution in [0.2, 0.25) is 0 Å². The van der Waals surface area contributed by atoms with Crippen molar-refractivity contribution in [1.82, 2.24) is 14.9 Å². The molecule has 27 heavy (non-hydrogen) atoms. The predicted octanol–water partition coefficient (Wildman–Crippen LogP) is 3.35. The van der Waals surface area contributed by atoms with E-state index in [0.717, 1.165) is 50.9 Å². The lowest BCUT2D eigenvalue weighted by atomic mass is 9.68. The summed E-state index contributed by atoms with van der Waals surface area (Å²) in [7, 11) is 0. The Kier molecular flexibility index (Phi) is 4.17. The van der Waals surface area contributed by atoms with Crippen LogP contribution in [-0.2, 0) is 12.0 Å². The fourth-order valence-electron chi connectivity index (χ4n) is 4.91. The second-order valence-corrected chi connectivity index (χ2v) is 7.71. The predicted molar refractivity (Wildman–Crippen MR) is 104 cm³/mol. The molecule has 2 saturated heterocycles. The van der Waals surface area contributed by atoms with Crippen LogP contribution in [0.5, 0.6) is 0 Å². The van der Waals surface area contributed by atoms with Gasteiger partial charge in [-0.2, -0.15) is 0 Å². The first-order valence-corrected chi connectivity index (χ1v) is 9.66. The summed E-state index contributed by atoms with van der Waals surface area (Å²) in [6.45, 7) is 5.00. The number of aromatic nitrogens is 2. The molecule has 1 aromatic carbocycles. The molecule has 0 unspecified atom stereocenters. The van der Waals surface area contributed by atoms with Gasteiger partial charge in [0.15, 0.2) is 0 Å². The summed E-state index contributed by atoms with van der Waals surface area (Å²) < 4.78 is 5.61. The van der Waals surface area contributed by atoms with E-state index in [2.05, 4.69) is 56.2 Å². The van der Waals surface area contributed by atoms with Gasteiger partial charge < -0.3 is 9.32 Å². The largest absolute Gasteiger partial charge is 0.468 e. The summed E-state index contributed by atoms with van der Waals surface area (Å²) >= 11 is 0. The van der Waals surface area contributed by atoms with Crippen molar-refractivity contribution in [3.8, 4) is 0 Å². The molecule has 0 N–H and O–H groups in total. The summed E-state index contributed by atoms with van der Waals surface area (Å²) in [5, 5.41) is 0. The number of nitrogens with zero attached hydrogens (tertiary/aromatic N) is 4. The Morgan fingerprint density at radius 2 is 1.85 bits per heavy atom. The normalized spacial score (nSPS) is 25.5. The number of hydrogen-bond acceptors (Lipinski definition) is 5. The zero-order chi connectivity index (χ0) is 18.1. The fourth-order valence-corrected chi connectivity index (χ4v) is 4.91. The Balaban J connectivity index is 1.44.